The molecule has 2 unspecified atom stereocenters. The van der Waals surface area contributed by atoms with Gasteiger partial charge in [0.1, 0.15) is 10.5 Å². The highest BCUT2D eigenvalue weighted by molar-refractivity contribution is 9.10. The molecule has 0 radical (unpaired) electrons. The van der Waals surface area contributed by atoms with E-state index < -0.39 is 85.4 Å². The number of phenols is 2. The van der Waals surface area contributed by atoms with Gasteiger partial charge in [-0.25, -0.2) is 8.42 Å². The first kappa shape index (κ1) is 36.3. The van der Waals surface area contributed by atoms with E-state index in [0.717, 1.165) is 36.4 Å². The molecule has 0 saturated carbocycles. The van der Waals surface area contributed by atoms with Crippen molar-refractivity contribution in [2.45, 2.75) is 10.5 Å². The SMILES string of the molecule is O=[N+]([O-])c1cc(/C=C/C(c2ccc(Br)cc2)S(=O)(=O)C(/C=C/c2cc([N+](=O)[O-])cc([N+](=O)[O-])c2O)c2ccc(Br)cc2)c(O)c([N+](=O)[O-])c1. The van der Waals surface area contributed by atoms with Crippen LogP contribution >= 0.6 is 31.9 Å². The fraction of sp³-hybridized carbons (Fsp3) is 0.0667. The van der Waals surface area contributed by atoms with Gasteiger partial charge in [-0.05, 0) is 35.4 Å². The lowest BCUT2D eigenvalue weighted by molar-refractivity contribution is -0.395. The highest BCUT2D eigenvalue weighted by Gasteiger charge is 2.34. The molecule has 0 heterocycles. The largest absolute Gasteiger partial charge is 0.502 e. The van der Waals surface area contributed by atoms with Crippen molar-refractivity contribution in [3.8, 4) is 11.5 Å². The molecular weight excluding hydrogens is 800 g/mol. The minimum absolute atomic E-state index is 0.156. The van der Waals surface area contributed by atoms with Gasteiger partial charge in [-0.1, -0.05) is 80.4 Å². The van der Waals surface area contributed by atoms with Crippen LogP contribution in [0.4, 0.5) is 22.7 Å². The van der Waals surface area contributed by atoms with Crippen LogP contribution in [0.5, 0.6) is 11.5 Å². The van der Waals surface area contributed by atoms with Crippen LogP contribution in [0.25, 0.3) is 12.2 Å². The molecule has 16 nitrogen and oxygen atoms in total. The monoisotopic (exact) mass is 818 g/mol. The number of sulfone groups is 1. The molecule has 2 atom stereocenters. The minimum atomic E-state index is -4.57. The summed E-state index contributed by atoms with van der Waals surface area (Å²) in [5, 5.41) is 63.8. The van der Waals surface area contributed by atoms with Crippen molar-refractivity contribution >= 4 is 76.6 Å². The second-order valence-corrected chi connectivity index (χ2v) is 14.1. The maximum Gasteiger partial charge on any atom is 0.318 e. The van der Waals surface area contributed by atoms with Gasteiger partial charge in [-0.2, -0.15) is 0 Å². The molecule has 49 heavy (non-hydrogen) atoms. The summed E-state index contributed by atoms with van der Waals surface area (Å²) in [6.45, 7) is 0. The Kier molecular flexibility index (Phi) is 10.9. The van der Waals surface area contributed by atoms with Gasteiger partial charge in [-0.3, -0.25) is 40.5 Å². The van der Waals surface area contributed by atoms with Crippen LogP contribution in [0, 0.1) is 40.5 Å². The molecule has 19 heteroatoms. The Bertz CT molecular complexity index is 2010. The fourth-order valence-corrected chi connectivity index (χ4v) is 7.17. The predicted molar refractivity (Wildman–Crippen MR) is 184 cm³/mol. The molecule has 252 valence electrons. The Morgan fingerprint density at radius 3 is 1.18 bits per heavy atom. The van der Waals surface area contributed by atoms with E-state index in [2.05, 4.69) is 31.9 Å². The summed E-state index contributed by atoms with van der Waals surface area (Å²) in [6.07, 6.45) is 4.10. The van der Waals surface area contributed by atoms with Crippen LogP contribution in [-0.4, -0.2) is 38.3 Å². The number of rotatable bonds is 12. The number of nitro benzene ring substituents is 4. The summed E-state index contributed by atoms with van der Waals surface area (Å²) in [4.78, 5) is 42.0. The molecule has 4 aromatic rings. The summed E-state index contributed by atoms with van der Waals surface area (Å²) in [6, 6.07) is 14.7. The molecule has 0 saturated heterocycles. The van der Waals surface area contributed by atoms with E-state index in [1.54, 1.807) is 0 Å². The van der Waals surface area contributed by atoms with Gasteiger partial charge < -0.3 is 10.2 Å². The van der Waals surface area contributed by atoms with Gasteiger partial charge in [0.25, 0.3) is 11.4 Å². The van der Waals surface area contributed by atoms with Crippen LogP contribution in [0.15, 0.2) is 93.9 Å². The molecule has 0 amide bonds. The van der Waals surface area contributed by atoms with Crippen molar-refractivity contribution in [3.05, 3.63) is 157 Å². The number of halogens is 2. The molecule has 4 rings (SSSR count). The summed E-state index contributed by atoms with van der Waals surface area (Å²) in [5.41, 5.74) is -4.00. The van der Waals surface area contributed by atoms with Crippen molar-refractivity contribution in [2.75, 3.05) is 0 Å². The van der Waals surface area contributed by atoms with Gasteiger partial charge in [0.15, 0.2) is 9.84 Å². The number of hydrogen-bond acceptors (Lipinski definition) is 12. The Morgan fingerprint density at radius 2 is 0.898 bits per heavy atom. The van der Waals surface area contributed by atoms with Crippen LogP contribution < -0.4 is 0 Å². The van der Waals surface area contributed by atoms with Crippen molar-refractivity contribution in [1.82, 2.24) is 0 Å². The highest BCUT2D eigenvalue weighted by Crippen LogP contribution is 2.41. The molecule has 0 spiro atoms. The number of aromatic hydroxyl groups is 2. The lowest BCUT2D eigenvalue weighted by Gasteiger charge is -2.22. The number of hydrogen-bond donors (Lipinski definition) is 2. The molecule has 0 fully saturated rings. The van der Waals surface area contributed by atoms with Gasteiger partial charge in [0, 0.05) is 32.2 Å². The Balaban J connectivity index is 1.96. The smallest absolute Gasteiger partial charge is 0.318 e. The Morgan fingerprint density at radius 1 is 0.571 bits per heavy atom. The zero-order chi connectivity index (χ0) is 36.2. The van der Waals surface area contributed by atoms with Gasteiger partial charge in [-0.15, -0.1) is 0 Å². The minimum Gasteiger partial charge on any atom is -0.502 e. The first-order valence-corrected chi connectivity index (χ1v) is 16.6. The zero-order valence-corrected chi connectivity index (χ0v) is 28.3. The van der Waals surface area contributed by atoms with Crippen LogP contribution in [0.1, 0.15) is 32.8 Å². The molecular formula is C30H20Br2N4O12S. The summed E-state index contributed by atoms with van der Waals surface area (Å²) in [5.74, 6) is -1.91. The third kappa shape index (κ3) is 8.13. The average Bonchev–Trinajstić information content (AvgIpc) is 3.03. The van der Waals surface area contributed by atoms with E-state index >= 15 is 0 Å². The number of benzene rings is 4. The van der Waals surface area contributed by atoms with Crippen molar-refractivity contribution in [3.63, 3.8) is 0 Å². The van der Waals surface area contributed by atoms with Gasteiger partial charge in [0.05, 0.1) is 31.8 Å². The van der Waals surface area contributed by atoms with E-state index in [0.29, 0.717) is 21.1 Å². The molecule has 0 bridgehead atoms. The summed E-state index contributed by atoms with van der Waals surface area (Å²) in [7, 11) is -4.57. The number of phenolic OH excluding ortho intramolecular Hbond substituents is 2. The summed E-state index contributed by atoms with van der Waals surface area (Å²) >= 11 is 6.54. The van der Waals surface area contributed by atoms with Crippen molar-refractivity contribution in [2.24, 2.45) is 0 Å². The van der Waals surface area contributed by atoms with E-state index in [4.69, 9.17) is 0 Å². The standard InChI is InChI=1S/C30H20Br2N4O12S/c31-21-7-1-17(2-8-21)27(11-5-19-13-23(33(39)40)15-25(29(19)37)35(43)44)49(47,48)28(18-3-9-22(32)10-4-18)12-6-20-14-24(34(41)42)16-26(30(20)38)36(45)46/h1-16,27-28,37-38H/b11-5+,12-6+. The first-order chi connectivity index (χ1) is 23.0. The maximum absolute atomic E-state index is 14.6. The first-order valence-electron chi connectivity index (χ1n) is 13.4. The molecule has 0 aliphatic heterocycles. The van der Waals surface area contributed by atoms with E-state index in [1.165, 1.54) is 48.5 Å². The van der Waals surface area contributed by atoms with Gasteiger partial charge >= 0.3 is 11.4 Å². The second-order valence-electron chi connectivity index (χ2n) is 10.1. The topological polar surface area (TPSA) is 247 Å². The molecule has 0 aliphatic carbocycles. The van der Waals surface area contributed by atoms with E-state index in [1.807, 2.05) is 0 Å². The Hall–Kier alpha value is -5.53. The predicted octanol–water partition coefficient (Wildman–Crippen LogP) is 7.88. The lowest BCUT2D eigenvalue weighted by atomic mass is 10.1. The van der Waals surface area contributed by atoms with Crippen molar-refractivity contribution < 1.29 is 38.3 Å². The van der Waals surface area contributed by atoms with Crippen LogP contribution in [0.3, 0.4) is 0 Å². The molecule has 0 aromatic heterocycles. The molecule has 0 aliphatic rings. The Labute approximate surface area is 292 Å². The average molecular weight is 820 g/mol. The van der Waals surface area contributed by atoms with Crippen LogP contribution in [-0.2, 0) is 9.84 Å². The molecule has 4 aromatic carbocycles. The maximum atomic E-state index is 14.6. The van der Waals surface area contributed by atoms with E-state index in [-0.39, 0.29) is 11.1 Å². The summed E-state index contributed by atoms with van der Waals surface area (Å²) < 4.78 is 30.4. The van der Waals surface area contributed by atoms with Gasteiger partial charge in [0.2, 0.25) is 11.5 Å². The quantitative estimate of drug-likeness (QED) is 0.102. The number of nitrogens with zero attached hydrogens (tertiary/aromatic N) is 4. The third-order valence-corrected chi connectivity index (χ3v) is 10.4. The number of nitro groups is 4. The number of non-ortho nitro benzene ring substituents is 2. The normalized spacial score (nSPS) is 12.9. The highest BCUT2D eigenvalue weighted by atomic mass is 79.9. The lowest BCUT2D eigenvalue weighted by Crippen LogP contribution is -2.19. The van der Waals surface area contributed by atoms with E-state index in [9.17, 15) is 59.1 Å². The van der Waals surface area contributed by atoms with Crippen molar-refractivity contribution in [1.29, 1.82) is 0 Å². The third-order valence-electron chi connectivity index (χ3n) is 7.03. The fourth-order valence-electron chi connectivity index (χ4n) is 4.66. The zero-order valence-electron chi connectivity index (χ0n) is 24.3. The van der Waals surface area contributed by atoms with Crippen LogP contribution in [0.2, 0.25) is 0 Å². The molecule has 2 N–H and O–H groups in total. The second kappa shape index (κ2) is 14.7.